The first-order valence-electron chi connectivity index (χ1n) is 5.17. The quantitative estimate of drug-likeness (QED) is 0.794. The maximum absolute atomic E-state index is 11.5. The summed E-state index contributed by atoms with van der Waals surface area (Å²) in [6, 6.07) is 5.52. The monoisotopic (exact) mass is 206 g/mol. The van der Waals surface area contributed by atoms with E-state index < -0.39 is 6.04 Å². The van der Waals surface area contributed by atoms with Crippen LogP contribution in [0.25, 0.3) is 0 Å². The van der Waals surface area contributed by atoms with Gasteiger partial charge in [0.1, 0.15) is 0 Å². The number of carbonyl (C=O) groups is 1. The Bertz CT molecular complexity index is 340. The zero-order chi connectivity index (χ0) is 11.4. The highest BCUT2D eigenvalue weighted by atomic mass is 16.2. The van der Waals surface area contributed by atoms with Crippen molar-refractivity contribution in [2.75, 3.05) is 5.32 Å². The SMILES string of the molecule is CC[C@H](N)C(=O)Nc1cc(C)cc(C)c1. The summed E-state index contributed by atoms with van der Waals surface area (Å²) in [6.07, 6.45) is 0.649. The number of rotatable bonds is 3. The van der Waals surface area contributed by atoms with Crippen LogP contribution in [-0.4, -0.2) is 11.9 Å². The second-order valence-corrected chi connectivity index (χ2v) is 3.88. The molecule has 1 aromatic carbocycles. The van der Waals surface area contributed by atoms with Gasteiger partial charge in [-0.2, -0.15) is 0 Å². The van der Waals surface area contributed by atoms with E-state index in [4.69, 9.17) is 5.73 Å². The molecule has 15 heavy (non-hydrogen) atoms. The van der Waals surface area contributed by atoms with Gasteiger partial charge in [0.2, 0.25) is 5.91 Å². The van der Waals surface area contributed by atoms with Crippen LogP contribution in [-0.2, 0) is 4.79 Å². The molecular weight excluding hydrogens is 188 g/mol. The molecule has 1 aromatic rings. The Morgan fingerprint density at radius 2 is 1.87 bits per heavy atom. The molecule has 0 saturated carbocycles. The summed E-state index contributed by atoms with van der Waals surface area (Å²) >= 11 is 0. The van der Waals surface area contributed by atoms with Gasteiger partial charge in [-0.25, -0.2) is 0 Å². The minimum Gasteiger partial charge on any atom is -0.325 e. The highest BCUT2D eigenvalue weighted by molar-refractivity contribution is 5.94. The first-order chi connectivity index (χ1) is 7.02. The molecule has 3 nitrogen and oxygen atoms in total. The Labute approximate surface area is 90.7 Å². The lowest BCUT2D eigenvalue weighted by atomic mass is 10.1. The minimum absolute atomic E-state index is 0.123. The molecule has 0 radical (unpaired) electrons. The third-order valence-corrected chi connectivity index (χ3v) is 2.27. The van der Waals surface area contributed by atoms with Gasteiger partial charge in [-0.15, -0.1) is 0 Å². The van der Waals surface area contributed by atoms with Crippen LogP contribution in [0.3, 0.4) is 0 Å². The number of amides is 1. The molecule has 1 rings (SSSR count). The molecule has 0 aliphatic heterocycles. The van der Waals surface area contributed by atoms with Gasteiger partial charge in [0, 0.05) is 5.69 Å². The van der Waals surface area contributed by atoms with Crippen LogP contribution in [0.1, 0.15) is 24.5 Å². The van der Waals surface area contributed by atoms with E-state index in [-0.39, 0.29) is 5.91 Å². The number of nitrogens with two attached hydrogens (primary N) is 1. The number of anilines is 1. The van der Waals surface area contributed by atoms with Gasteiger partial charge in [-0.3, -0.25) is 4.79 Å². The smallest absolute Gasteiger partial charge is 0.241 e. The Morgan fingerprint density at radius 1 is 1.33 bits per heavy atom. The number of aryl methyl sites for hydroxylation is 2. The van der Waals surface area contributed by atoms with Crippen molar-refractivity contribution in [3.05, 3.63) is 29.3 Å². The van der Waals surface area contributed by atoms with E-state index in [1.54, 1.807) is 0 Å². The summed E-state index contributed by atoms with van der Waals surface area (Å²) in [5.41, 5.74) is 8.72. The lowest BCUT2D eigenvalue weighted by Gasteiger charge is -2.11. The molecule has 0 saturated heterocycles. The first kappa shape index (κ1) is 11.7. The summed E-state index contributed by atoms with van der Waals surface area (Å²) in [6.45, 7) is 5.90. The molecule has 0 spiro atoms. The van der Waals surface area contributed by atoms with Crippen LogP contribution in [0.2, 0.25) is 0 Å². The van der Waals surface area contributed by atoms with Crippen molar-refractivity contribution < 1.29 is 4.79 Å². The summed E-state index contributed by atoms with van der Waals surface area (Å²) in [4.78, 5) is 11.5. The van der Waals surface area contributed by atoms with Crippen LogP contribution < -0.4 is 11.1 Å². The molecule has 1 amide bonds. The van der Waals surface area contributed by atoms with Gasteiger partial charge in [0.05, 0.1) is 6.04 Å². The van der Waals surface area contributed by atoms with Gasteiger partial charge in [0.15, 0.2) is 0 Å². The summed E-state index contributed by atoms with van der Waals surface area (Å²) in [7, 11) is 0. The van der Waals surface area contributed by atoms with E-state index in [1.165, 1.54) is 0 Å². The van der Waals surface area contributed by atoms with E-state index in [9.17, 15) is 4.79 Å². The van der Waals surface area contributed by atoms with Crippen molar-refractivity contribution in [1.82, 2.24) is 0 Å². The molecule has 82 valence electrons. The Hall–Kier alpha value is -1.35. The van der Waals surface area contributed by atoms with Crippen molar-refractivity contribution in [3.8, 4) is 0 Å². The molecule has 1 atom stereocenters. The number of hydrogen-bond donors (Lipinski definition) is 2. The molecule has 0 bridgehead atoms. The molecule has 0 aromatic heterocycles. The highest BCUT2D eigenvalue weighted by Gasteiger charge is 2.10. The molecule has 0 aliphatic rings. The minimum atomic E-state index is -0.425. The fourth-order valence-corrected chi connectivity index (χ4v) is 1.47. The van der Waals surface area contributed by atoms with Gasteiger partial charge < -0.3 is 11.1 Å². The van der Waals surface area contributed by atoms with Crippen LogP contribution in [0.5, 0.6) is 0 Å². The molecular formula is C12H18N2O. The molecule has 3 heteroatoms. The number of hydrogen-bond acceptors (Lipinski definition) is 2. The maximum atomic E-state index is 11.5. The number of carbonyl (C=O) groups excluding carboxylic acids is 1. The van der Waals surface area contributed by atoms with Crippen molar-refractivity contribution in [3.63, 3.8) is 0 Å². The van der Waals surface area contributed by atoms with Gasteiger partial charge in [-0.1, -0.05) is 13.0 Å². The number of nitrogens with one attached hydrogen (secondary N) is 1. The van der Waals surface area contributed by atoms with E-state index in [2.05, 4.69) is 11.4 Å². The second-order valence-electron chi connectivity index (χ2n) is 3.88. The zero-order valence-electron chi connectivity index (χ0n) is 9.50. The summed E-state index contributed by atoms with van der Waals surface area (Å²) < 4.78 is 0. The van der Waals surface area contributed by atoms with Gasteiger partial charge in [-0.05, 0) is 43.5 Å². The largest absolute Gasteiger partial charge is 0.325 e. The standard InChI is InChI=1S/C12H18N2O/c1-4-11(13)12(15)14-10-6-8(2)5-9(3)7-10/h5-7,11H,4,13H2,1-3H3,(H,14,15)/t11-/m0/s1. The Balaban J connectivity index is 2.76. The molecule has 0 unspecified atom stereocenters. The summed E-state index contributed by atoms with van der Waals surface area (Å²) in [5.74, 6) is -0.123. The first-order valence-corrected chi connectivity index (χ1v) is 5.17. The Kier molecular flexibility index (Phi) is 3.86. The van der Waals surface area contributed by atoms with Crippen LogP contribution in [0, 0.1) is 13.8 Å². The molecule has 0 aliphatic carbocycles. The van der Waals surface area contributed by atoms with Crippen LogP contribution in [0.4, 0.5) is 5.69 Å². The van der Waals surface area contributed by atoms with E-state index in [0.717, 1.165) is 16.8 Å². The fourth-order valence-electron chi connectivity index (χ4n) is 1.47. The van der Waals surface area contributed by atoms with Crippen molar-refractivity contribution in [2.45, 2.75) is 33.2 Å². The topological polar surface area (TPSA) is 55.1 Å². The van der Waals surface area contributed by atoms with E-state index in [0.29, 0.717) is 6.42 Å². The van der Waals surface area contributed by atoms with Crippen molar-refractivity contribution in [2.24, 2.45) is 5.73 Å². The average Bonchev–Trinajstić information content (AvgIpc) is 2.14. The van der Waals surface area contributed by atoms with Crippen LogP contribution >= 0.6 is 0 Å². The van der Waals surface area contributed by atoms with Crippen LogP contribution in [0.15, 0.2) is 18.2 Å². The third-order valence-electron chi connectivity index (χ3n) is 2.27. The Morgan fingerprint density at radius 3 is 2.33 bits per heavy atom. The highest BCUT2D eigenvalue weighted by Crippen LogP contribution is 2.13. The zero-order valence-corrected chi connectivity index (χ0v) is 9.50. The lowest BCUT2D eigenvalue weighted by molar-refractivity contribution is -0.117. The van der Waals surface area contributed by atoms with Crippen molar-refractivity contribution in [1.29, 1.82) is 0 Å². The van der Waals surface area contributed by atoms with E-state index >= 15 is 0 Å². The lowest BCUT2D eigenvalue weighted by Crippen LogP contribution is -2.34. The van der Waals surface area contributed by atoms with Crippen molar-refractivity contribution >= 4 is 11.6 Å². The predicted octanol–water partition coefficient (Wildman–Crippen LogP) is 1.98. The molecule has 3 N–H and O–H groups in total. The number of benzene rings is 1. The molecule has 0 fully saturated rings. The maximum Gasteiger partial charge on any atom is 0.241 e. The fraction of sp³-hybridized carbons (Fsp3) is 0.417. The second kappa shape index (κ2) is 4.94. The average molecular weight is 206 g/mol. The van der Waals surface area contributed by atoms with E-state index in [1.807, 2.05) is 32.9 Å². The van der Waals surface area contributed by atoms with Gasteiger partial charge >= 0.3 is 0 Å². The predicted molar refractivity (Wildman–Crippen MR) is 62.8 cm³/mol. The normalized spacial score (nSPS) is 12.3. The molecule has 0 heterocycles. The summed E-state index contributed by atoms with van der Waals surface area (Å²) in [5, 5.41) is 2.81. The van der Waals surface area contributed by atoms with Gasteiger partial charge in [0.25, 0.3) is 0 Å². The third kappa shape index (κ3) is 3.36.